The van der Waals surface area contributed by atoms with Crippen molar-refractivity contribution in [2.45, 2.75) is 25.8 Å². The summed E-state index contributed by atoms with van der Waals surface area (Å²) in [5.41, 5.74) is 4.65. The lowest BCUT2D eigenvalue weighted by molar-refractivity contribution is 0.320. The minimum Gasteiger partial charge on any atom is -0.440 e. The van der Waals surface area contributed by atoms with Gasteiger partial charge in [0, 0.05) is 19.0 Å². The van der Waals surface area contributed by atoms with Crippen molar-refractivity contribution in [1.82, 2.24) is 9.88 Å². The van der Waals surface area contributed by atoms with Gasteiger partial charge in [-0.3, -0.25) is 4.90 Å². The molecule has 1 aromatic heterocycles. The minimum atomic E-state index is 0.413. The fourth-order valence-corrected chi connectivity index (χ4v) is 3.27. The standard InChI is InChI=1S/C19H20N2O/c1-14-6-2-3-7-15(14)12-21-11-10-16(13-21)19-20-17-8-4-5-9-18(17)22-19/h2-9,16H,10-13H2,1H3. The second-order valence-electron chi connectivity index (χ2n) is 6.17. The molecule has 1 aliphatic rings. The van der Waals surface area contributed by atoms with Gasteiger partial charge in [0.05, 0.1) is 0 Å². The summed E-state index contributed by atoms with van der Waals surface area (Å²) in [5, 5.41) is 0. The largest absolute Gasteiger partial charge is 0.440 e. The molecule has 0 N–H and O–H groups in total. The third-order valence-electron chi connectivity index (χ3n) is 4.59. The first-order valence-corrected chi connectivity index (χ1v) is 7.92. The molecule has 0 saturated carbocycles. The van der Waals surface area contributed by atoms with E-state index in [4.69, 9.17) is 4.42 Å². The SMILES string of the molecule is Cc1ccccc1CN1CCC(c2nc3ccccc3o2)C1. The smallest absolute Gasteiger partial charge is 0.199 e. The van der Waals surface area contributed by atoms with Crippen molar-refractivity contribution in [2.75, 3.05) is 13.1 Å². The zero-order valence-corrected chi connectivity index (χ0v) is 12.8. The third-order valence-corrected chi connectivity index (χ3v) is 4.59. The van der Waals surface area contributed by atoms with E-state index in [2.05, 4.69) is 41.1 Å². The van der Waals surface area contributed by atoms with Crippen LogP contribution in [0.4, 0.5) is 0 Å². The molecular formula is C19H20N2O. The van der Waals surface area contributed by atoms with Crippen LogP contribution in [0.2, 0.25) is 0 Å². The van der Waals surface area contributed by atoms with Crippen molar-refractivity contribution >= 4 is 11.1 Å². The van der Waals surface area contributed by atoms with Crippen LogP contribution >= 0.6 is 0 Å². The molecule has 3 heteroatoms. The monoisotopic (exact) mass is 292 g/mol. The molecule has 0 bridgehead atoms. The summed E-state index contributed by atoms with van der Waals surface area (Å²) in [5.74, 6) is 1.31. The maximum Gasteiger partial charge on any atom is 0.199 e. The number of nitrogens with zero attached hydrogens (tertiary/aromatic N) is 2. The van der Waals surface area contributed by atoms with Crippen molar-refractivity contribution in [3.63, 3.8) is 0 Å². The van der Waals surface area contributed by atoms with E-state index in [1.165, 1.54) is 11.1 Å². The predicted octanol–water partition coefficient (Wildman–Crippen LogP) is 4.13. The van der Waals surface area contributed by atoms with Crippen molar-refractivity contribution < 1.29 is 4.42 Å². The van der Waals surface area contributed by atoms with Crippen LogP contribution in [-0.4, -0.2) is 23.0 Å². The van der Waals surface area contributed by atoms with E-state index < -0.39 is 0 Å². The van der Waals surface area contributed by atoms with E-state index >= 15 is 0 Å². The minimum absolute atomic E-state index is 0.413. The number of fused-ring (bicyclic) bond motifs is 1. The molecule has 4 rings (SSSR count). The Labute approximate surface area is 130 Å². The van der Waals surface area contributed by atoms with Crippen molar-refractivity contribution in [2.24, 2.45) is 0 Å². The van der Waals surface area contributed by atoms with Crippen LogP contribution in [-0.2, 0) is 6.54 Å². The topological polar surface area (TPSA) is 29.3 Å². The molecule has 1 unspecified atom stereocenters. The van der Waals surface area contributed by atoms with Crippen molar-refractivity contribution in [1.29, 1.82) is 0 Å². The third kappa shape index (κ3) is 2.53. The van der Waals surface area contributed by atoms with Gasteiger partial charge < -0.3 is 4.42 Å². The van der Waals surface area contributed by atoms with Crippen LogP contribution in [0.1, 0.15) is 29.4 Å². The van der Waals surface area contributed by atoms with E-state index in [9.17, 15) is 0 Å². The van der Waals surface area contributed by atoms with E-state index in [-0.39, 0.29) is 0 Å². The Balaban J connectivity index is 1.49. The van der Waals surface area contributed by atoms with E-state index in [1.807, 2.05) is 24.3 Å². The second kappa shape index (κ2) is 5.58. The molecule has 3 nitrogen and oxygen atoms in total. The molecule has 0 radical (unpaired) electrons. The first kappa shape index (κ1) is 13.5. The number of aromatic nitrogens is 1. The van der Waals surface area contributed by atoms with Crippen molar-refractivity contribution in [3.8, 4) is 0 Å². The number of likely N-dealkylation sites (tertiary alicyclic amines) is 1. The fourth-order valence-electron chi connectivity index (χ4n) is 3.27. The van der Waals surface area contributed by atoms with Gasteiger partial charge in [0.1, 0.15) is 5.52 Å². The Morgan fingerprint density at radius 3 is 2.82 bits per heavy atom. The maximum atomic E-state index is 5.94. The number of para-hydroxylation sites is 2. The Morgan fingerprint density at radius 1 is 1.14 bits per heavy atom. The second-order valence-corrected chi connectivity index (χ2v) is 6.17. The Kier molecular flexibility index (Phi) is 3.43. The number of hydrogen-bond donors (Lipinski definition) is 0. The molecule has 1 aliphatic heterocycles. The first-order valence-electron chi connectivity index (χ1n) is 7.92. The summed E-state index contributed by atoms with van der Waals surface area (Å²) in [6.45, 7) is 5.34. The predicted molar refractivity (Wildman–Crippen MR) is 87.8 cm³/mol. The van der Waals surface area contributed by atoms with E-state index in [0.29, 0.717) is 5.92 Å². The zero-order valence-electron chi connectivity index (χ0n) is 12.8. The van der Waals surface area contributed by atoms with Crippen LogP contribution in [0.15, 0.2) is 52.9 Å². The quantitative estimate of drug-likeness (QED) is 0.727. The molecule has 0 aliphatic carbocycles. The molecule has 3 aromatic rings. The number of aryl methyl sites for hydroxylation is 1. The normalized spacial score (nSPS) is 19.0. The lowest BCUT2D eigenvalue weighted by Gasteiger charge is -2.16. The van der Waals surface area contributed by atoms with Crippen LogP contribution in [0.3, 0.4) is 0 Å². The molecule has 22 heavy (non-hydrogen) atoms. The van der Waals surface area contributed by atoms with Crippen LogP contribution < -0.4 is 0 Å². The van der Waals surface area contributed by atoms with Gasteiger partial charge in [-0.05, 0) is 43.1 Å². The van der Waals surface area contributed by atoms with Crippen LogP contribution in [0.25, 0.3) is 11.1 Å². The van der Waals surface area contributed by atoms with Crippen LogP contribution in [0, 0.1) is 6.92 Å². The molecular weight excluding hydrogens is 272 g/mol. The highest BCUT2D eigenvalue weighted by Crippen LogP contribution is 2.30. The zero-order chi connectivity index (χ0) is 14.9. The molecule has 2 aromatic carbocycles. The summed E-state index contributed by atoms with van der Waals surface area (Å²) in [6, 6.07) is 16.6. The van der Waals surface area contributed by atoms with Gasteiger partial charge in [-0.15, -0.1) is 0 Å². The Morgan fingerprint density at radius 2 is 1.95 bits per heavy atom. The van der Waals surface area contributed by atoms with Gasteiger partial charge in [-0.25, -0.2) is 4.98 Å². The number of hydrogen-bond acceptors (Lipinski definition) is 3. The van der Waals surface area contributed by atoms with Gasteiger partial charge in [-0.1, -0.05) is 36.4 Å². The molecule has 0 spiro atoms. The molecule has 0 amide bonds. The highest BCUT2D eigenvalue weighted by molar-refractivity contribution is 5.72. The van der Waals surface area contributed by atoms with Gasteiger partial charge >= 0.3 is 0 Å². The summed E-state index contributed by atoms with van der Waals surface area (Å²) < 4.78 is 5.94. The molecule has 1 fully saturated rings. The lowest BCUT2D eigenvalue weighted by Crippen LogP contribution is -2.20. The van der Waals surface area contributed by atoms with Gasteiger partial charge in [0.25, 0.3) is 0 Å². The molecule has 1 atom stereocenters. The summed E-state index contributed by atoms with van der Waals surface area (Å²) >= 11 is 0. The first-order chi connectivity index (χ1) is 10.8. The Hall–Kier alpha value is -2.13. The maximum absolute atomic E-state index is 5.94. The lowest BCUT2D eigenvalue weighted by atomic mass is 10.1. The number of oxazole rings is 1. The van der Waals surface area contributed by atoms with Crippen LogP contribution in [0.5, 0.6) is 0 Å². The summed E-state index contributed by atoms with van der Waals surface area (Å²) in [7, 11) is 0. The van der Waals surface area contributed by atoms with Gasteiger partial charge in [-0.2, -0.15) is 0 Å². The number of rotatable bonds is 3. The van der Waals surface area contributed by atoms with Gasteiger partial charge in [0.2, 0.25) is 0 Å². The Bertz CT molecular complexity index is 760. The molecule has 112 valence electrons. The highest BCUT2D eigenvalue weighted by Gasteiger charge is 2.27. The summed E-state index contributed by atoms with van der Waals surface area (Å²) in [4.78, 5) is 7.16. The molecule has 2 heterocycles. The fraction of sp³-hybridized carbons (Fsp3) is 0.316. The van der Waals surface area contributed by atoms with E-state index in [0.717, 1.165) is 43.0 Å². The van der Waals surface area contributed by atoms with Crippen molar-refractivity contribution in [3.05, 3.63) is 65.5 Å². The van der Waals surface area contributed by atoms with Gasteiger partial charge in [0.15, 0.2) is 11.5 Å². The average Bonchev–Trinajstić information content (AvgIpc) is 3.15. The average molecular weight is 292 g/mol. The number of benzene rings is 2. The highest BCUT2D eigenvalue weighted by atomic mass is 16.3. The molecule has 1 saturated heterocycles. The van der Waals surface area contributed by atoms with E-state index in [1.54, 1.807) is 0 Å². The summed E-state index contributed by atoms with van der Waals surface area (Å²) in [6.07, 6.45) is 1.12.